The van der Waals surface area contributed by atoms with Crippen LogP contribution in [0.25, 0.3) is 6.08 Å². The number of halogens is 1. The third-order valence-corrected chi connectivity index (χ3v) is 1.34. The van der Waals surface area contributed by atoms with E-state index in [0.717, 1.165) is 5.56 Å². The van der Waals surface area contributed by atoms with Gasteiger partial charge in [0.05, 0.1) is 0 Å². The molecule has 0 aliphatic carbocycles. The van der Waals surface area contributed by atoms with Gasteiger partial charge in [-0.15, -0.1) is 0 Å². The fourth-order valence-corrected chi connectivity index (χ4v) is 0.816. The lowest BCUT2D eigenvalue weighted by Crippen LogP contribution is -1.67. The number of benzene rings is 1. The molecular formula is C9H8ClN. The third kappa shape index (κ3) is 3.01. The molecule has 2 heteroatoms. The molecule has 1 rings (SSSR count). The van der Waals surface area contributed by atoms with E-state index in [0.29, 0.717) is 0 Å². The Morgan fingerprint density at radius 3 is 2.55 bits per heavy atom. The van der Waals surface area contributed by atoms with Crippen molar-refractivity contribution < 1.29 is 0 Å². The average molecular weight is 166 g/mol. The van der Waals surface area contributed by atoms with Crippen LogP contribution in [-0.2, 0) is 0 Å². The maximum absolute atomic E-state index is 5.09. The third-order valence-electron chi connectivity index (χ3n) is 1.23. The summed E-state index contributed by atoms with van der Waals surface area (Å²) in [4.78, 5) is 0. The van der Waals surface area contributed by atoms with E-state index in [9.17, 15) is 0 Å². The SMILES string of the molecule is Cl/N=C/C=C/c1ccccc1. The maximum Gasteiger partial charge on any atom is 0.0415 e. The van der Waals surface area contributed by atoms with Gasteiger partial charge in [-0.25, -0.2) is 0 Å². The maximum atomic E-state index is 5.09. The first-order chi connectivity index (χ1) is 5.43. The van der Waals surface area contributed by atoms with Crippen LogP contribution in [-0.4, -0.2) is 6.21 Å². The van der Waals surface area contributed by atoms with E-state index in [1.807, 2.05) is 36.4 Å². The Bertz CT molecular complexity index is 252. The summed E-state index contributed by atoms with van der Waals surface area (Å²) in [6, 6.07) is 9.97. The molecular weight excluding hydrogens is 158 g/mol. The molecule has 1 aromatic rings. The van der Waals surface area contributed by atoms with Crippen molar-refractivity contribution in [1.82, 2.24) is 0 Å². The molecule has 0 spiro atoms. The van der Waals surface area contributed by atoms with Gasteiger partial charge in [-0.1, -0.05) is 36.4 Å². The van der Waals surface area contributed by atoms with Crippen molar-refractivity contribution in [3.8, 4) is 0 Å². The summed E-state index contributed by atoms with van der Waals surface area (Å²) in [7, 11) is 0. The Labute approximate surface area is 71.1 Å². The summed E-state index contributed by atoms with van der Waals surface area (Å²) in [5.41, 5.74) is 1.14. The van der Waals surface area contributed by atoms with Crippen LogP contribution in [0.5, 0.6) is 0 Å². The molecule has 11 heavy (non-hydrogen) atoms. The van der Waals surface area contributed by atoms with Crippen LogP contribution in [0, 0.1) is 0 Å². The van der Waals surface area contributed by atoms with Gasteiger partial charge in [0.1, 0.15) is 0 Å². The minimum absolute atomic E-state index is 1.14. The summed E-state index contributed by atoms with van der Waals surface area (Å²) in [6.07, 6.45) is 5.27. The van der Waals surface area contributed by atoms with Crippen molar-refractivity contribution in [2.45, 2.75) is 0 Å². The van der Waals surface area contributed by atoms with Crippen LogP contribution >= 0.6 is 11.8 Å². The van der Waals surface area contributed by atoms with Gasteiger partial charge in [-0.05, 0) is 11.6 Å². The molecule has 0 aliphatic heterocycles. The molecule has 1 aromatic carbocycles. The highest BCUT2D eigenvalue weighted by atomic mass is 35.5. The Hall–Kier alpha value is -1.08. The molecule has 0 amide bonds. The summed E-state index contributed by atoms with van der Waals surface area (Å²) in [5.74, 6) is 0. The Morgan fingerprint density at radius 2 is 1.91 bits per heavy atom. The first-order valence-corrected chi connectivity index (χ1v) is 3.63. The minimum atomic E-state index is 1.14. The molecule has 0 heterocycles. The van der Waals surface area contributed by atoms with Crippen LogP contribution in [0.15, 0.2) is 40.9 Å². The van der Waals surface area contributed by atoms with Gasteiger partial charge in [0.15, 0.2) is 0 Å². The fourth-order valence-electron chi connectivity index (χ4n) is 0.751. The van der Waals surface area contributed by atoms with E-state index in [4.69, 9.17) is 11.8 Å². The van der Waals surface area contributed by atoms with Crippen molar-refractivity contribution >= 4 is 24.1 Å². The monoisotopic (exact) mass is 165 g/mol. The van der Waals surface area contributed by atoms with Gasteiger partial charge in [0.2, 0.25) is 0 Å². The Balaban J connectivity index is 2.64. The van der Waals surface area contributed by atoms with E-state index in [1.165, 1.54) is 6.21 Å². The van der Waals surface area contributed by atoms with Crippen molar-refractivity contribution in [3.05, 3.63) is 42.0 Å². The first kappa shape index (κ1) is 8.02. The molecule has 0 atom stereocenters. The predicted octanol–water partition coefficient (Wildman–Crippen LogP) is 2.92. The van der Waals surface area contributed by atoms with E-state index < -0.39 is 0 Å². The van der Waals surface area contributed by atoms with E-state index in [1.54, 1.807) is 6.08 Å². The predicted molar refractivity (Wildman–Crippen MR) is 49.8 cm³/mol. The lowest BCUT2D eigenvalue weighted by molar-refractivity contribution is 1.66. The Morgan fingerprint density at radius 1 is 1.18 bits per heavy atom. The van der Waals surface area contributed by atoms with Crippen LogP contribution in [0.4, 0.5) is 0 Å². The highest BCUT2D eigenvalue weighted by Crippen LogP contribution is 1.99. The van der Waals surface area contributed by atoms with Gasteiger partial charge in [-0.2, -0.15) is 4.51 Å². The van der Waals surface area contributed by atoms with Gasteiger partial charge in [0, 0.05) is 18.0 Å². The van der Waals surface area contributed by atoms with Crippen molar-refractivity contribution in [2.75, 3.05) is 0 Å². The zero-order valence-corrected chi connectivity index (χ0v) is 6.70. The van der Waals surface area contributed by atoms with Crippen LogP contribution in [0.3, 0.4) is 0 Å². The molecule has 0 N–H and O–H groups in total. The largest absolute Gasteiger partial charge is 0.186 e. The molecule has 0 saturated carbocycles. The standard InChI is InChI=1S/C9H8ClN/c10-11-8-4-7-9-5-2-1-3-6-9/h1-8H/b7-4+,11-8+. The summed E-state index contributed by atoms with van der Waals surface area (Å²) < 4.78 is 3.31. The molecule has 0 radical (unpaired) electrons. The molecule has 56 valence electrons. The van der Waals surface area contributed by atoms with Crippen molar-refractivity contribution in [1.29, 1.82) is 0 Å². The van der Waals surface area contributed by atoms with Gasteiger partial charge in [0.25, 0.3) is 0 Å². The van der Waals surface area contributed by atoms with Gasteiger partial charge < -0.3 is 0 Å². The highest BCUT2D eigenvalue weighted by molar-refractivity contribution is 6.18. The molecule has 0 bridgehead atoms. The number of hydrogen-bond acceptors (Lipinski definition) is 1. The lowest BCUT2D eigenvalue weighted by atomic mass is 10.2. The van der Waals surface area contributed by atoms with Gasteiger partial charge in [-0.3, -0.25) is 0 Å². The highest BCUT2D eigenvalue weighted by Gasteiger charge is 1.78. The molecule has 1 nitrogen and oxygen atoms in total. The zero-order chi connectivity index (χ0) is 7.94. The van der Waals surface area contributed by atoms with Crippen LogP contribution in [0.1, 0.15) is 5.56 Å². The van der Waals surface area contributed by atoms with Gasteiger partial charge >= 0.3 is 0 Å². The molecule has 0 fully saturated rings. The summed E-state index contributed by atoms with van der Waals surface area (Å²) >= 11 is 5.09. The normalized spacial score (nSPS) is 11.4. The second-order valence-corrected chi connectivity index (χ2v) is 2.21. The fraction of sp³-hybridized carbons (Fsp3) is 0. The minimum Gasteiger partial charge on any atom is -0.186 e. The van der Waals surface area contributed by atoms with Crippen LogP contribution < -0.4 is 0 Å². The van der Waals surface area contributed by atoms with Crippen LogP contribution in [0.2, 0.25) is 0 Å². The second-order valence-electron chi connectivity index (χ2n) is 2.02. The number of hydrogen-bond donors (Lipinski definition) is 0. The second kappa shape index (κ2) is 4.69. The molecule has 0 unspecified atom stereocenters. The first-order valence-electron chi connectivity index (χ1n) is 3.29. The lowest BCUT2D eigenvalue weighted by Gasteiger charge is -1.87. The zero-order valence-electron chi connectivity index (χ0n) is 5.94. The quantitative estimate of drug-likeness (QED) is 0.598. The number of rotatable bonds is 2. The van der Waals surface area contributed by atoms with Crippen molar-refractivity contribution in [2.24, 2.45) is 4.51 Å². The smallest absolute Gasteiger partial charge is 0.0415 e. The van der Waals surface area contributed by atoms with Crippen molar-refractivity contribution in [3.63, 3.8) is 0 Å². The molecule has 0 saturated heterocycles. The average Bonchev–Trinajstić information content (AvgIpc) is 2.07. The molecule has 0 aromatic heterocycles. The number of nitrogens with zero attached hydrogens (tertiary/aromatic N) is 1. The van der Waals surface area contributed by atoms with E-state index in [2.05, 4.69) is 4.51 Å². The Kier molecular flexibility index (Phi) is 3.42. The van der Waals surface area contributed by atoms with E-state index in [-0.39, 0.29) is 0 Å². The van der Waals surface area contributed by atoms with E-state index >= 15 is 0 Å². The number of allylic oxidation sites excluding steroid dienone is 1. The topological polar surface area (TPSA) is 12.4 Å². The summed E-state index contributed by atoms with van der Waals surface area (Å²) in [6.45, 7) is 0. The molecule has 0 aliphatic rings. The summed E-state index contributed by atoms with van der Waals surface area (Å²) in [5, 5.41) is 0.